The second-order valence-electron chi connectivity index (χ2n) is 15.5. The van der Waals surface area contributed by atoms with Gasteiger partial charge in [-0.05, 0) is 83.7 Å². The second-order valence-corrected chi connectivity index (χ2v) is 15.5. The maximum absolute atomic E-state index is 8.34. The summed E-state index contributed by atoms with van der Waals surface area (Å²) in [6.45, 7) is 11.1. The topological polar surface area (TPSA) is 33.3 Å². The molecule has 3 aliphatic rings. The quantitative estimate of drug-likeness (QED) is 0.193. The largest absolute Gasteiger partial charge is 0.457 e. The number of anilines is 1. The predicted octanol–water partition coefficient (Wildman–Crippen LogP) is 9.22. The van der Waals surface area contributed by atoms with E-state index in [-0.39, 0.29) is 22.9 Å². The minimum absolute atomic E-state index is 0.00808. The standard InChI is InChI=1S/C40H45N4O/c1-39(2,3)27-16-17-41-36(21-27)44-34-11-9-8-10-32(34)33-15-14-30(23-35(33)44)45-31-20-28(40(4,5)6)19-29(22-31)43-24-42(7)37-25-12-13-26(18-25)38(37)43/h8-11,14-17,19-26,37-38H,12-13,18H2,1-7H3/q+1/i7D3. The zero-order chi connectivity index (χ0) is 33.7. The van der Waals surface area contributed by atoms with Crippen LogP contribution in [-0.4, -0.2) is 39.5 Å². The first kappa shape index (κ1) is 25.1. The Labute approximate surface area is 271 Å². The van der Waals surface area contributed by atoms with Crippen molar-refractivity contribution in [1.82, 2.24) is 9.55 Å². The fraction of sp³-hybridized carbons (Fsp3) is 0.400. The summed E-state index contributed by atoms with van der Waals surface area (Å²) >= 11 is 0. The lowest BCUT2D eigenvalue weighted by Gasteiger charge is -2.28. The van der Waals surface area contributed by atoms with Crippen molar-refractivity contribution < 1.29 is 13.4 Å². The molecule has 0 spiro atoms. The summed E-state index contributed by atoms with van der Waals surface area (Å²) in [4.78, 5) is 7.09. The molecule has 0 amide bonds. The fourth-order valence-electron chi connectivity index (χ4n) is 8.17. The number of benzene rings is 3. The first-order valence-electron chi connectivity index (χ1n) is 17.9. The van der Waals surface area contributed by atoms with E-state index in [0.717, 1.165) is 64.2 Å². The fourth-order valence-corrected chi connectivity index (χ4v) is 8.17. The summed E-state index contributed by atoms with van der Waals surface area (Å²) in [5.74, 6) is 3.29. The Morgan fingerprint density at radius 1 is 0.800 bits per heavy atom. The summed E-state index contributed by atoms with van der Waals surface area (Å²) in [5, 5.41) is 2.31. The molecule has 5 heteroatoms. The molecule has 3 heterocycles. The first-order valence-corrected chi connectivity index (χ1v) is 16.4. The lowest BCUT2D eigenvalue weighted by Crippen LogP contribution is -2.42. The first-order chi connectivity index (χ1) is 22.7. The van der Waals surface area contributed by atoms with Crippen molar-refractivity contribution in [2.45, 2.75) is 83.7 Å². The summed E-state index contributed by atoms with van der Waals surface area (Å²) in [6, 6.07) is 25.7. The SMILES string of the molecule is [2H]C([2H])([2H])[N+]1=CN(c2cc(Oc3ccc4c5ccccc5n(-c5cc(C(C)(C)C)ccn5)c4c3)cc(C(C)(C)C)c2)C2C3CCC(C3)C21. The number of para-hydroxylation sites is 1. The van der Waals surface area contributed by atoms with E-state index in [2.05, 4.69) is 118 Å². The van der Waals surface area contributed by atoms with E-state index >= 15 is 0 Å². The predicted molar refractivity (Wildman–Crippen MR) is 186 cm³/mol. The zero-order valence-corrected chi connectivity index (χ0v) is 27.2. The van der Waals surface area contributed by atoms with Gasteiger partial charge in [-0.1, -0.05) is 59.7 Å². The molecule has 4 atom stereocenters. The normalized spacial score (nSPS) is 24.1. The third-order valence-electron chi connectivity index (χ3n) is 10.5. The van der Waals surface area contributed by atoms with Gasteiger partial charge < -0.3 is 4.74 Å². The third kappa shape index (κ3) is 4.65. The van der Waals surface area contributed by atoms with Crippen LogP contribution < -0.4 is 9.64 Å². The van der Waals surface area contributed by atoms with Gasteiger partial charge in [-0.15, -0.1) is 0 Å². The number of hydrogen-bond donors (Lipinski definition) is 0. The van der Waals surface area contributed by atoms with Crippen LogP contribution in [0.5, 0.6) is 11.5 Å². The minimum Gasteiger partial charge on any atom is -0.457 e. The molecular weight excluding hydrogens is 552 g/mol. The molecule has 5 nitrogen and oxygen atoms in total. The molecule has 4 unspecified atom stereocenters. The van der Waals surface area contributed by atoms with Crippen molar-refractivity contribution in [2.24, 2.45) is 11.8 Å². The Kier molecular flexibility index (Phi) is 5.55. The number of hydrogen-bond acceptors (Lipinski definition) is 3. The Morgan fingerprint density at radius 2 is 1.58 bits per heavy atom. The Balaban J connectivity index is 1.23. The van der Waals surface area contributed by atoms with E-state index in [1.807, 2.05) is 18.6 Å². The molecule has 0 N–H and O–H groups in total. The van der Waals surface area contributed by atoms with Gasteiger partial charge in [-0.3, -0.25) is 9.14 Å². The second kappa shape index (κ2) is 9.94. The van der Waals surface area contributed by atoms with E-state index < -0.39 is 6.98 Å². The van der Waals surface area contributed by atoms with Crippen LogP contribution >= 0.6 is 0 Å². The monoisotopic (exact) mass is 600 g/mol. The van der Waals surface area contributed by atoms with Crippen molar-refractivity contribution in [2.75, 3.05) is 11.9 Å². The molecule has 2 aliphatic carbocycles. The van der Waals surface area contributed by atoms with Gasteiger partial charge in [0.2, 0.25) is 6.34 Å². The van der Waals surface area contributed by atoms with Gasteiger partial charge in [0, 0.05) is 40.9 Å². The van der Waals surface area contributed by atoms with E-state index in [4.69, 9.17) is 13.8 Å². The number of fused-ring (bicyclic) bond motifs is 8. The van der Waals surface area contributed by atoms with Crippen LogP contribution in [0.1, 0.15) is 76.0 Å². The summed E-state index contributed by atoms with van der Waals surface area (Å²) in [6.07, 6.45) is 7.16. The van der Waals surface area contributed by atoms with Gasteiger partial charge in [0.25, 0.3) is 0 Å². The maximum Gasteiger partial charge on any atom is 0.239 e. The molecule has 5 aromatic rings. The van der Waals surface area contributed by atoms with Gasteiger partial charge in [0.1, 0.15) is 35.1 Å². The van der Waals surface area contributed by atoms with Crippen molar-refractivity contribution in [3.63, 3.8) is 0 Å². The van der Waals surface area contributed by atoms with Gasteiger partial charge in [-0.25, -0.2) is 9.88 Å². The molecule has 0 saturated heterocycles. The van der Waals surface area contributed by atoms with Gasteiger partial charge >= 0.3 is 0 Å². The van der Waals surface area contributed by atoms with Crippen molar-refractivity contribution in [3.8, 4) is 17.3 Å². The Morgan fingerprint density at radius 3 is 2.38 bits per heavy atom. The van der Waals surface area contributed by atoms with Gasteiger partial charge in [-0.2, -0.15) is 0 Å². The smallest absolute Gasteiger partial charge is 0.239 e. The van der Waals surface area contributed by atoms with Crippen LogP contribution in [0.3, 0.4) is 0 Å². The molecule has 2 bridgehead atoms. The number of rotatable bonds is 4. The molecule has 230 valence electrons. The number of likely N-dealkylation sites (N-methyl/N-ethyl adjacent to an activating group) is 1. The van der Waals surface area contributed by atoms with Crippen LogP contribution in [0.2, 0.25) is 0 Å². The number of pyridine rings is 1. The lowest BCUT2D eigenvalue weighted by molar-refractivity contribution is -0.534. The van der Waals surface area contributed by atoms with E-state index in [1.54, 1.807) is 4.58 Å². The highest BCUT2D eigenvalue weighted by Crippen LogP contribution is 2.50. The van der Waals surface area contributed by atoms with Crippen LogP contribution in [0.25, 0.3) is 27.6 Å². The minimum atomic E-state index is -2.17. The maximum atomic E-state index is 8.34. The average Bonchev–Trinajstić information content (AvgIpc) is 3.80. The van der Waals surface area contributed by atoms with Crippen molar-refractivity contribution in [3.05, 3.63) is 90.1 Å². The van der Waals surface area contributed by atoms with E-state index in [0.29, 0.717) is 11.8 Å². The van der Waals surface area contributed by atoms with Gasteiger partial charge in [0.05, 0.1) is 22.1 Å². The molecule has 8 rings (SSSR count). The summed E-state index contributed by atoms with van der Waals surface area (Å²) in [5.41, 5.74) is 5.36. The summed E-state index contributed by atoms with van der Waals surface area (Å²) < 4.78 is 35.7. The number of nitrogens with zero attached hydrogens (tertiary/aromatic N) is 4. The van der Waals surface area contributed by atoms with E-state index in [1.165, 1.54) is 10.9 Å². The van der Waals surface area contributed by atoms with Gasteiger partial charge in [0.15, 0.2) is 0 Å². The highest BCUT2D eigenvalue weighted by molar-refractivity contribution is 6.09. The molecule has 2 fully saturated rings. The zero-order valence-electron chi connectivity index (χ0n) is 30.2. The van der Waals surface area contributed by atoms with Crippen LogP contribution in [-0.2, 0) is 10.8 Å². The molecular formula is C40H45N4O+. The lowest BCUT2D eigenvalue weighted by atomic mass is 9.86. The molecule has 0 radical (unpaired) electrons. The van der Waals surface area contributed by atoms with E-state index in [9.17, 15) is 0 Å². The summed E-state index contributed by atoms with van der Waals surface area (Å²) in [7, 11) is 0. The number of ether oxygens (including phenoxy) is 1. The number of aromatic nitrogens is 2. The molecule has 45 heavy (non-hydrogen) atoms. The highest BCUT2D eigenvalue weighted by atomic mass is 16.5. The molecule has 2 aromatic heterocycles. The van der Waals surface area contributed by atoms with Crippen LogP contribution in [0, 0.1) is 11.8 Å². The molecule has 3 aromatic carbocycles. The van der Waals surface area contributed by atoms with Crippen LogP contribution in [0.4, 0.5) is 5.69 Å². The molecule has 1 aliphatic heterocycles. The van der Waals surface area contributed by atoms with Crippen molar-refractivity contribution >= 4 is 33.8 Å². The Hall–Kier alpha value is -4.12. The average molecular weight is 601 g/mol. The van der Waals surface area contributed by atoms with Crippen LogP contribution in [0.15, 0.2) is 79.0 Å². The third-order valence-corrected chi connectivity index (χ3v) is 10.5. The molecule has 2 saturated carbocycles. The Bertz CT molecular complexity index is 2100. The van der Waals surface area contributed by atoms with Crippen molar-refractivity contribution in [1.29, 1.82) is 0 Å². The highest BCUT2D eigenvalue weighted by Gasteiger charge is 2.58.